The number of hydrogen-bond acceptors (Lipinski definition) is 3. The molecule has 1 N–H and O–H groups in total. The molecule has 1 aromatic carbocycles. The summed E-state index contributed by atoms with van der Waals surface area (Å²) in [6.45, 7) is 6.12. The quantitative estimate of drug-likeness (QED) is 0.750. The smallest absolute Gasteiger partial charge is 0.257 e. The van der Waals surface area contributed by atoms with E-state index in [0.717, 1.165) is 17.0 Å². The maximum Gasteiger partial charge on any atom is 0.257 e. The van der Waals surface area contributed by atoms with Crippen LogP contribution in [0.3, 0.4) is 0 Å². The summed E-state index contributed by atoms with van der Waals surface area (Å²) in [6.07, 6.45) is 0.617. The summed E-state index contributed by atoms with van der Waals surface area (Å²) >= 11 is 12.1. The van der Waals surface area contributed by atoms with Gasteiger partial charge in [0.25, 0.3) is 5.91 Å². The molecule has 0 spiro atoms. The number of rotatable bonds is 4. The average molecular weight is 377 g/mol. The monoisotopic (exact) mass is 376 g/mol. The number of carbonyl (C=O) groups is 1. The van der Waals surface area contributed by atoms with E-state index in [1.807, 2.05) is 32.9 Å². The molecule has 3 aromatic rings. The van der Waals surface area contributed by atoms with Crippen molar-refractivity contribution in [3.8, 4) is 0 Å². The minimum Gasteiger partial charge on any atom is -0.352 e. The highest BCUT2D eigenvalue weighted by Crippen LogP contribution is 2.21. The fourth-order valence-corrected chi connectivity index (χ4v) is 3.32. The van der Waals surface area contributed by atoms with Gasteiger partial charge in [0.2, 0.25) is 0 Å². The lowest BCUT2D eigenvalue weighted by Crippen LogP contribution is -2.26. The van der Waals surface area contributed by atoms with E-state index in [1.165, 1.54) is 0 Å². The highest BCUT2D eigenvalue weighted by molar-refractivity contribution is 6.35. The molecule has 2 aromatic heterocycles. The molecule has 0 aliphatic carbocycles. The zero-order valence-electron chi connectivity index (χ0n) is 14.2. The molecule has 0 unspecified atom stereocenters. The summed E-state index contributed by atoms with van der Waals surface area (Å²) in [4.78, 5) is 17.1. The Bertz CT molecular complexity index is 965. The third kappa shape index (κ3) is 3.62. The number of halogens is 2. The molecule has 0 aliphatic rings. The second-order valence-electron chi connectivity index (χ2n) is 5.98. The van der Waals surface area contributed by atoms with Gasteiger partial charge in [-0.1, -0.05) is 29.3 Å². The first-order valence-electron chi connectivity index (χ1n) is 7.92. The SMILES string of the molecule is Cc1cc(C)n2nc(C)c(C(=O)NCCc3ccc(Cl)cc3Cl)c2n1. The summed E-state index contributed by atoms with van der Waals surface area (Å²) in [5.41, 5.74) is 4.48. The van der Waals surface area contributed by atoms with Crippen LogP contribution < -0.4 is 5.32 Å². The molecule has 0 saturated heterocycles. The van der Waals surface area contributed by atoms with Gasteiger partial charge in [0.05, 0.1) is 5.69 Å². The molecule has 130 valence electrons. The van der Waals surface area contributed by atoms with Crippen LogP contribution in [0.15, 0.2) is 24.3 Å². The van der Waals surface area contributed by atoms with Crippen molar-refractivity contribution in [1.82, 2.24) is 19.9 Å². The number of fused-ring (bicyclic) bond motifs is 1. The Kier molecular flexibility index (Phi) is 4.97. The Balaban J connectivity index is 1.77. The van der Waals surface area contributed by atoms with Crippen LogP contribution in [0.25, 0.3) is 5.65 Å². The number of nitrogens with zero attached hydrogens (tertiary/aromatic N) is 3. The first kappa shape index (κ1) is 17.7. The Morgan fingerprint density at radius 1 is 1.20 bits per heavy atom. The molecule has 2 heterocycles. The fourth-order valence-electron chi connectivity index (χ4n) is 2.82. The highest BCUT2D eigenvalue weighted by Gasteiger charge is 2.19. The van der Waals surface area contributed by atoms with E-state index in [2.05, 4.69) is 15.4 Å². The number of benzene rings is 1. The van der Waals surface area contributed by atoms with Gasteiger partial charge >= 0.3 is 0 Å². The van der Waals surface area contributed by atoms with Crippen molar-refractivity contribution in [2.24, 2.45) is 0 Å². The maximum atomic E-state index is 12.6. The summed E-state index contributed by atoms with van der Waals surface area (Å²) in [5, 5.41) is 8.54. The molecule has 7 heteroatoms. The zero-order valence-corrected chi connectivity index (χ0v) is 15.7. The molecule has 3 rings (SSSR count). The fraction of sp³-hybridized carbons (Fsp3) is 0.278. The van der Waals surface area contributed by atoms with Crippen LogP contribution in [0.2, 0.25) is 10.0 Å². The minimum atomic E-state index is -0.185. The van der Waals surface area contributed by atoms with E-state index >= 15 is 0 Å². The predicted octanol–water partition coefficient (Wildman–Crippen LogP) is 3.93. The van der Waals surface area contributed by atoms with Crippen LogP contribution >= 0.6 is 23.2 Å². The van der Waals surface area contributed by atoms with E-state index in [0.29, 0.717) is 39.9 Å². The molecule has 0 atom stereocenters. The van der Waals surface area contributed by atoms with Crippen molar-refractivity contribution >= 4 is 34.8 Å². The Morgan fingerprint density at radius 2 is 1.96 bits per heavy atom. The molecular formula is C18H18Cl2N4O. The summed E-state index contributed by atoms with van der Waals surface area (Å²) in [5.74, 6) is -0.185. The third-order valence-corrected chi connectivity index (χ3v) is 4.58. The van der Waals surface area contributed by atoms with Gasteiger partial charge in [-0.25, -0.2) is 9.50 Å². The Labute approximate surface area is 156 Å². The van der Waals surface area contributed by atoms with Crippen molar-refractivity contribution in [3.05, 3.63) is 62.5 Å². The number of amides is 1. The summed E-state index contributed by atoms with van der Waals surface area (Å²) < 4.78 is 1.70. The second-order valence-corrected chi connectivity index (χ2v) is 6.82. The minimum absolute atomic E-state index is 0.185. The van der Waals surface area contributed by atoms with E-state index in [9.17, 15) is 4.79 Å². The van der Waals surface area contributed by atoms with Crippen LogP contribution in [-0.4, -0.2) is 27.0 Å². The van der Waals surface area contributed by atoms with Gasteiger partial charge in [0.15, 0.2) is 5.65 Å². The van der Waals surface area contributed by atoms with E-state index in [-0.39, 0.29) is 5.91 Å². The van der Waals surface area contributed by atoms with Gasteiger partial charge in [-0.15, -0.1) is 0 Å². The van der Waals surface area contributed by atoms with Crippen molar-refractivity contribution in [2.45, 2.75) is 27.2 Å². The van der Waals surface area contributed by atoms with Crippen LogP contribution in [0.4, 0.5) is 0 Å². The Hall–Kier alpha value is -2.11. The normalized spacial score (nSPS) is 11.1. The number of aryl methyl sites for hydroxylation is 3. The van der Waals surface area contributed by atoms with E-state index in [1.54, 1.807) is 16.6 Å². The van der Waals surface area contributed by atoms with Gasteiger partial charge in [-0.05, 0) is 51.0 Å². The van der Waals surface area contributed by atoms with Crippen molar-refractivity contribution < 1.29 is 4.79 Å². The van der Waals surface area contributed by atoms with Crippen LogP contribution in [-0.2, 0) is 6.42 Å². The molecule has 0 fully saturated rings. The molecule has 1 amide bonds. The number of carbonyl (C=O) groups excluding carboxylic acids is 1. The summed E-state index contributed by atoms with van der Waals surface area (Å²) in [7, 11) is 0. The number of hydrogen-bond donors (Lipinski definition) is 1. The van der Waals surface area contributed by atoms with E-state index < -0.39 is 0 Å². The first-order valence-corrected chi connectivity index (χ1v) is 8.68. The van der Waals surface area contributed by atoms with Gasteiger partial charge in [0, 0.05) is 28.0 Å². The lowest BCUT2D eigenvalue weighted by atomic mass is 10.1. The first-order chi connectivity index (χ1) is 11.9. The average Bonchev–Trinajstić information content (AvgIpc) is 2.86. The van der Waals surface area contributed by atoms with Crippen LogP contribution in [0.1, 0.15) is 33.0 Å². The molecular weight excluding hydrogens is 359 g/mol. The maximum absolute atomic E-state index is 12.6. The van der Waals surface area contributed by atoms with Crippen molar-refractivity contribution in [3.63, 3.8) is 0 Å². The predicted molar refractivity (Wildman–Crippen MR) is 99.7 cm³/mol. The third-order valence-electron chi connectivity index (χ3n) is 3.99. The Morgan fingerprint density at radius 3 is 2.68 bits per heavy atom. The van der Waals surface area contributed by atoms with Crippen molar-refractivity contribution in [2.75, 3.05) is 6.54 Å². The lowest BCUT2D eigenvalue weighted by molar-refractivity contribution is 0.0955. The van der Waals surface area contributed by atoms with Crippen LogP contribution in [0, 0.1) is 20.8 Å². The highest BCUT2D eigenvalue weighted by atomic mass is 35.5. The number of aromatic nitrogens is 3. The second kappa shape index (κ2) is 7.02. The van der Waals surface area contributed by atoms with Crippen LogP contribution in [0.5, 0.6) is 0 Å². The molecule has 25 heavy (non-hydrogen) atoms. The van der Waals surface area contributed by atoms with Gasteiger partial charge in [-0.2, -0.15) is 5.10 Å². The number of nitrogens with one attached hydrogen (secondary N) is 1. The van der Waals surface area contributed by atoms with Gasteiger partial charge in [0.1, 0.15) is 5.56 Å². The molecule has 0 aliphatic heterocycles. The molecule has 0 bridgehead atoms. The topological polar surface area (TPSA) is 59.3 Å². The van der Waals surface area contributed by atoms with Gasteiger partial charge in [-0.3, -0.25) is 4.79 Å². The lowest BCUT2D eigenvalue weighted by Gasteiger charge is -2.07. The zero-order chi connectivity index (χ0) is 18.1. The molecule has 0 radical (unpaired) electrons. The standard InChI is InChI=1S/C18H18Cl2N4O/c1-10-8-11(2)24-17(22-10)16(12(3)23-24)18(25)21-7-6-13-4-5-14(19)9-15(13)20/h4-5,8-9H,6-7H2,1-3H3,(H,21,25). The van der Waals surface area contributed by atoms with Crippen molar-refractivity contribution in [1.29, 1.82) is 0 Å². The van der Waals surface area contributed by atoms with E-state index in [4.69, 9.17) is 23.2 Å². The molecule has 0 saturated carbocycles. The van der Waals surface area contributed by atoms with Gasteiger partial charge < -0.3 is 5.32 Å². The summed E-state index contributed by atoms with van der Waals surface area (Å²) in [6, 6.07) is 7.29. The molecule has 5 nitrogen and oxygen atoms in total. The largest absolute Gasteiger partial charge is 0.352 e.